The number of carbonyl (C=O) groups excluding carboxylic acids is 1. The van der Waals surface area contributed by atoms with Crippen LogP contribution in [0.1, 0.15) is 12.8 Å². The summed E-state index contributed by atoms with van der Waals surface area (Å²) in [4.78, 5) is 15.8. The van der Waals surface area contributed by atoms with Crippen LogP contribution in [-0.2, 0) is 9.63 Å². The Labute approximate surface area is 64.6 Å². The maximum Gasteiger partial charge on any atom is 0.256 e. The molecule has 1 amide bonds. The van der Waals surface area contributed by atoms with Gasteiger partial charge in [0.05, 0.1) is 13.0 Å². The fraction of sp³-hybridized carbons (Fsp3) is 0.571. The van der Waals surface area contributed by atoms with Gasteiger partial charge in [-0.2, -0.15) is 5.48 Å². The highest BCUT2D eigenvalue weighted by atomic mass is 16.7. The van der Waals surface area contributed by atoms with Crippen molar-refractivity contribution in [2.24, 2.45) is 0 Å². The van der Waals surface area contributed by atoms with Gasteiger partial charge in [-0.1, -0.05) is 0 Å². The van der Waals surface area contributed by atoms with Crippen LogP contribution in [0.15, 0.2) is 11.3 Å². The second-order valence-corrected chi connectivity index (χ2v) is 2.76. The minimum absolute atomic E-state index is 0.0364. The Morgan fingerprint density at radius 1 is 1.45 bits per heavy atom. The summed E-state index contributed by atoms with van der Waals surface area (Å²) in [6, 6.07) is 0. The summed E-state index contributed by atoms with van der Waals surface area (Å²) in [6.07, 6.45) is 1.44. The third kappa shape index (κ3) is 1.21. The summed E-state index contributed by atoms with van der Waals surface area (Å²) in [5.41, 5.74) is 3.49. The van der Waals surface area contributed by atoms with Crippen LogP contribution in [0.5, 0.6) is 0 Å². The van der Waals surface area contributed by atoms with Crippen LogP contribution in [0.4, 0.5) is 0 Å². The van der Waals surface area contributed by atoms with Gasteiger partial charge in [0.15, 0.2) is 0 Å². The lowest BCUT2D eigenvalue weighted by Gasteiger charge is -2.24. The van der Waals surface area contributed by atoms with Crippen molar-refractivity contribution in [3.63, 3.8) is 0 Å². The van der Waals surface area contributed by atoms with Gasteiger partial charge >= 0.3 is 0 Å². The highest BCUT2D eigenvalue weighted by Crippen LogP contribution is 2.19. The van der Waals surface area contributed by atoms with E-state index in [1.807, 2.05) is 0 Å². The Balaban J connectivity index is 2.18. The summed E-state index contributed by atoms with van der Waals surface area (Å²) in [5.74, 6) is 0.863. The first-order valence-electron chi connectivity index (χ1n) is 3.73. The zero-order chi connectivity index (χ0) is 7.68. The van der Waals surface area contributed by atoms with E-state index in [4.69, 9.17) is 4.84 Å². The molecule has 0 fully saturated rings. The smallest absolute Gasteiger partial charge is 0.256 e. The Hall–Kier alpha value is -1.03. The van der Waals surface area contributed by atoms with E-state index in [0.717, 1.165) is 30.8 Å². The van der Waals surface area contributed by atoms with Gasteiger partial charge in [-0.3, -0.25) is 4.79 Å². The molecule has 0 aromatic rings. The number of hydrogen-bond acceptors (Lipinski definition) is 3. The molecule has 0 bridgehead atoms. The average molecular weight is 154 g/mol. The molecule has 2 heterocycles. The topological polar surface area (TPSA) is 50.4 Å². The minimum Gasteiger partial charge on any atom is -0.383 e. The van der Waals surface area contributed by atoms with E-state index in [9.17, 15) is 4.79 Å². The van der Waals surface area contributed by atoms with Gasteiger partial charge in [0, 0.05) is 0 Å². The highest BCUT2D eigenvalue weighted by Gasteiger charge is 2.21. The molecule has 0 unspecified atom stereocenters. The van der Waals surface area contributed by atoms with Crippen molar-refractivity contribution in [2.75, 3.05) is 13.1 Å². The molecule has 2 rings (SSSR count). The van der Waals surface area contributed by atoms with E-state index in [0.29, 0.717) is 6.42 Å². The molecule has 4 heteroatoms. The van der Waals surface area contributed by atoms with E-state index in [1.54, 1.807) is 0 Å². The van der Waals surface area contributed by atoms with Gasteiger partial charge < -0.3 is 10.2 Å². The van der Waals surface area contributed by atoms with E-state index in [-0.39, 0.29) is 5.91 Å². The number of hydrogen-bond donors (Lipinski definition) is 2. The van der Waals surface area contributed by atoms with Crippen LogP contribution in [0.3, 0.4) is 0 Å². The van der Waals surface area contributed by atoms with Crippen LogP contribution in [0.2, 0.25) is 0 Å². The maximum atomic E-state index is 10.8. The molecule has 4 nitrogen and oxygen atoms in total. The molecule has 0 atom stereocenters. The average Bonchev–Trinajstić information content (AvgIpc) is 2.04. The zero-order valence-electron chi connectivity index (χ0n) is 6.14. The van der Waals surface area contributed by atoms with Gasteiger partial charge in [0.25, 0.3) is 5.91 Å². The van der Waals surface area contributed by atoms with Crippen LogP contribution in [0.25, 0.3) is 0 Å². The van der Waals surface area contributed by atoms with Gasteiger partial charge in [-0.05, 0) is 18.5 Å². The summed E-state index contributed by atoms with van der Waals surface area (Å²) in [6.45, 7) is 1.70. The molecule has 2 aliphatic rings. The van der Waals surface area contributed by atoms with Crippen molar-refractivity contribution in [3.05, 3.63) is 11.3 Å². The predicted molar refractivity (Wildman–Crippen MR) is 38.4 cm³/mol. The highest BCUT2D eigenvalue weighted by molar-refractivity contribution is 5.78. The second kappa shape index (κ2) is 2.54. The molecule has 2 N–H and O–H groups in total. The van der Waals surface area contributed by atoms with Crippen molar-refractivity contribution in [1.82, 2.24) is 10.8 Å². The first-order chi connectivity index (χ1) is 5.36. The van der Waals surface area contributed by atoms with E-state index < -0.39 is 0 Å². The summed E-state index contributed by atoms with van der Waals surface area (Å²) in [7, 11) is 0. The molecule has 0 saturated carbocycles. The molecule has 0 aromatic carbocycles. The van der Waals surface area contributed by atoms with Gasteiger partial charge in [-0.15, -0.1) is 0 Å². The molecular weight excluding hydrogens is 144 g/mol. The lowest BCUT2D eigenvalue weighted by molar-refractivity contribution is -0.132. The predicted octanol–water partition coefficient (Wildman–Crippen LogP) is -0.315. The Morgan fingerprint density at radius 3 is 3.27 bits per heavy atom. The van der Waals surface area contributed by atoms with Crippen LogP contribution >= 0.6 is 0 Å². The third-order valence-electron chi connectivity index (χ3n) is 1.95. The molecule has 0 aliphatic carbocycles. The number of rotatable bonds is 0. The number of hydroxylamine groups is 1. The summed E-state index contributed by atoms with van der Waals surface area (Å²) in [5, 5.41) is 3.16. The monoisotopic (exact) mass is 154 g/mol. The van der Waals surface area contributed by atoms with Gasteiger partial charge in [0.1, 0.15) is 5.76 Å². The fourth-order valence-electron chi connectivity index (χ4n) is 1.35. The second-order valence-electron chi connectivity index (χ2n) is 2.76. The lowest BCUT2D eigenvalue weighted by atomic mass is 10.0. The third-order valence-corrected chi connectivity index (χ3v) is 1.95. The minimum atomic E-state index is -0.0364. The molecule has 2 aliphatic heterocycles. The van der Waals surface area contributed by atoms with Crippen molar-refractivity contribution >= 4 is 5.91 Å². The Kier molecular flexibility index (Phi) is 1.54. The van der Waals surface area contributed by atoms with Crippen molar-refractivity contribution in [2.45, 2.75) is 12.8 Å². The number of carbonyl (C=O) groups is 1. The first kappa shape index (κ1) is 6.67. The molecule has 0 radical (unpaired) electrons. The number of amides is 1. The van der Waals surface area contributed by atoms with Crippen LogP contribution in [-0.4, -0.2) is 19.0 Å². The summed E-state index contributed by atoms with van der Waals surface area (Å²) < 4.78 is 0. The Bertz CT molecular complexity index is 222. The molecule has 0 saturated heterocycles. The molecular formula is C7H10N2O2. The standard InChI is InChI=1S/C7H10N2O2/c10-7-3-5-1-2-8-4-6(5)11-9-7/h8H,1-4H2,(H,9,10). The maximum absolute atomic E-state index is 10.8. The van der Waals surface area contributed by atoms with E-state index in [1.165, 1.54) is 0 Å². The van der Waals surface area contributed by atoms with Gasteiger partial charge in [0.2, 0.25) is 0 Å². The summed E-state index contributed by atoms with van der Waals surface area (Å²) >= 11 is 0. The zero-order valence-corrected chi connectivity index (χ0v) is 6.14. The van der Waals surface area contributed by atoms with E-state index in [2.05, 4.69) is 10.8 Å². The van der Waals surface area contributed by atoms with Gasteiger partial charge in [-0.25, -0.2) is 0 Å². The van der Waals surface area contributed by atoms with E-state index >= 15 is 0 Å². The number of nitrogens with one attached hydrogen (secondary N) is 2. The fourth-order valence-corrected chi connectivity index (χ4v) is 1.35. The molecule has 60 valence electrons. The first-order valence-corrected chi connectivity index (χ1v) is 3.73. The lowest BCUT2D eigenvalue weighted by Crippen LogP contribution is -2.36. The quantitative estimate of drug-likeness (QED) is 0.503. The molecule has 0 spiro atoms. The SMILES string of the molecule is O=C1CC2=C(CNCC2)ON1. The molecule has 11 heavy (non-hydrogen) atoms. The van der Waals surface area contributed by atoms with Crippen molar-refractivity contribution in [1.29, 1.82) is 0 Å². The van der Waals surface area contributed by atoms with Crippen LogP contribution in [0, 0.1) is 0 Å². The molecule has 0 aromatic heterocycles. The normalized spacial score (nSPS) is 23.8. The van der Waals surface area contributed by atoms with Crippen molar-refractivity contribution < 1.29 is 9.63 Å². The largest absolute Gasteiger partial charge is 0.383 e. The van der Waals surface area contributed by atoms with Crippen LogP contribution < -0.4 is 10.8 Å². The Morgan fingerprint density at radius 2 is 2.36 bits per heavy atom. The van der Waals surface area contributed by atoms with Crippen molar-refractivity contribution in [3.8, 4) is 0 Å².